The van der Waals surface area contributed by atoms with Crippen molar-refractivity contribution in [2.45, 2.75) is 45.4 Å². The van der Waals surface area contributed by atoms with Crippen LogP contribution in [0, 0.1) is 12.3 Å². The molecule has 1 fully saturated rings. The molecular weight excluding hydrogens is 108 g/mol. The van der Waals surface area contributed by atoms with Gasteiger partial charge in [-0.1, -0.05) is 26.2 Å². The van der Waals surface area contributed by atoms with E-state index in [4.69, 9.17) is 0 Å². The third-order valence-corrected chi connectivity index (χ3v) is 1.83. The lowest BCUT2D eigenvalue weighted by Gasteiger charge is -2.18. The molecule has 51 valence electrons. The van der Waals surface area contributed by atoms with E-state index < -0.39 is 0 Å². The van der Waals surface area contributed by atoms with Crippen molar-refractivity contribution < 1.29 is 0 Å². The molecule has 9 heavy (non-hydrogen) atoms. The molecular formula is C9H15. The average Bonchev–Trinajstić information content (AvgIpc) is 1.91. The smallest absolute Gasteiger partial charge is 0.0100 e. The fraction of sp³-hybridized carbons (Fsp3) is 0.778. The highest BCUT2D eigenvalue weighted by atomic mass is 14.2. The number of rotatable bonds is 2. The predicted molar refractivity (Wildman–Crippen MR) is 39.9 cm³/mol. The molecule has 0 spiro atoms. The Morgan fingerprint density at radius 3 is 2.89 bits per heavy atom. The summed E-state index contributed by atoms with van der Waals surface area (Å²) in [7, 11) is 0. The van der Waals surface area contributed by atoms with Gasteiger partial charge in [0.15, 0.2) is 0 Å². The van der Waals surface area contributed by atoms with Gasteiger partial charge in [0.25, 0.3) is 0 Å². The first-order valence-electron chi connectivity index (χ1n) is 4.02. The monoisotopic (exact) mass is 123 g/mol. The summed E-state index contributed by atoms with van der Waals surface area (Å²) >= 11 is 0. The molecule has 0 unspecified atom stereocenters. The molecule has 0 atom stereocenters. The van der Waals surface area contributed by atoms with Crippen LogP contribution >= 0.6 is 0 Å². The number of hydrogen-bond acceptors (Lipinski definition) is 0. The Balaban J connectivity index is 2.08. The Labute approximate surface area is 58.7 Å². The summed E-state index contributed by atoms with van der Waals surface area (Å²) in [4.78, 5) is 0. The molecule has 0 amide bonds. The highest BCUT2D eigenvalue weighted by Gasteiger charge is 2.12. The van der Waals surface area contributed by atoms with Gasteiger partial charge in [-0.3, -0.25) is 0 Å². The van der Waals surface area contributed by atoms with Crippen LogP contribution in [0.3, 0.4) is 0 Å². The minimum Gasteiger partial charge on any atom is -0.0654 e. The minimum atomic E-state index is 1.22. The summed E-state index contributed by atoms with van der Waals surface area (Å²) in [5.41, 5.74) is 0. The van der Waals surface area contributed by atoms with Crippen LogP contribution in [-0.4, -0.2) is 0 Å². The first-order chi connectivity index (χ1) is 4.43. The lowest BCUT2D eigenvalue weighted by Crippen LogP contribution is -2.03. The van der Waals surface area contributed by atoms with Crippen molar-refractivity contribution in [1.82, 2.24) is 0 Å². The van der Waals surface area contributed by atoms with Crippen LogP contribution in [0.15, 0.2) is 0 Å². The molecule has 1 aliphatic rings. The highest BCUT2D eigenvalue weighted by molar-refractivity contribution is 5.05. The van der Waals surface area contributed by atoms with Gasteiger partial charge in [0, 0.05) is 0 Å². The van der Waals surface area contributed by atoms with Gasteiger partial charge in [0.1, 0.15) is 0 Å². The van der Waals surface area contributed by atoms with E-state index in [0.29, 0.717) is 0 Å². The zero-order valence-electron chi connectivity index (χ0n) is 6.24. The van der Waals surface area contributed by atoms with Gasteiger partial charge < -0.3 is 0 Å². The second-order valence-corrected chi connectivity index (χ2v) is 2.74. The van der Waals surface area contributed by atoms with Crippen molar-refractivity contribution in [2.75, 3.05) is 0 Å². The lowest BCUT2D eigenvalue weighted by molar-refractivity contribution is 0.580. The van der Waals surface area contributed by atoms with E-state index in [0.717, 1.165) is 0 Å². The van der Waals surface area contributed by atoms with Crippen LogP contribution in [0.2, 0.25) is 0 Å². The van der Waals surface area contributed by atoms with Crippen molar-refractivity contribution >= 4 is 0 Å². The van der Waals surface area contributed by atoms with Gasteiger partial charge >= 0.3 is 0 Å². The van der Waals surface area contributed by atoms with E-state index in [1.54, 1.807) is 5.92 Å². The Hall–Kier alpha value is 0. The molecule has 0 heteroatoms. The summed E-state index contributed by atoms with van der Waals surface area (Å²) < 4.78 is 0. The predicted octanol–water partition coefficient (Wildman–Crippen LogP) is 3.02. The molecule has 0 aliphatic heterocycles. The normalized spacial score (nSPS) is 22.3. The summed E-state index contributed by atoms with van der Waals surface area (Å²) in [6.07, 6.45) is 11.3. The van der Waals surface area contributed by atoms with Crippen LogP contribution in [0.4, 0.5) is 0 Å². The van der Waals surface area contributed by atoms with Crippen molar-refractivity contribution in [1.29, 1.82) is 0 Å². The standard InChI is InChI=1S/C9H15/c1-2-6-9-7-4-3-5-8-9/h2-7H2,1H3. The molecule has 1 aliphatic carbocycles. The van der Waals surface area contributed by atoms with Crippen molar-refractivity contribution in [3.63, 3.8) is 0 Å². The molecule has 0 saturated heterocycles. The van der Waals surface area contributed by atoms with E-state index >= 15 is 0 Å². The molecule has 0 nitrogen and oxygen atoms in total. The Morgan fingerprint density at radius 2 is 2.33 bits per heavy atom. The maximum absolute atomic E-state index is 3.44. The summed E-state index contributed by atoms with van der Waals surface area (Å²) in [5, 5.41) is 0. The first-order valence-corrected chi connectivity index (χ1v) is 4.02. The van der Waals surface area contributed by atoms with Crippen molar-refractivity contribution in [3.05, 3.63) is 12.3 Å². The fourth-order valence-electron chi connectivity index (χ4n) is 1.33. The van der Waals surface area contributed by atoms with Gasteiger partial charge in [0.05, 0.1) is 0 Å². The summed E-state index contributed by atoms with van der Waals surface area (Å²) in [5.74, 6) is 1.59. The minimum absolute atomic E-state index is 1.22. The van der Waals surface area contributed by atoms with Crippen LogP contribution < -0.4 is 0 Å². The molecule has 0 aromatic rings. The SMILES string of the molecule is CCC[C]1[C]CCCC1. The third kappa shape index (κ3) is 2.38. The van der Waals surface area contributed by atoms with Crippen LogP contribution in [-0.2, 0) is 0 Å². The zero-order valence-corrected chi connectivity index (χ0v) is 6.24. The van der Waals surface area contributed by atoms with E-state index in [9.17, 15) is 0 Å². The van der Waals surface area contributed by atoms with E-state index in [1.807, 2.05) is 0 Å². The van der Waals surface area contributed by atoms with Gasteiger partial charge in [-0.05, 0) is 31.6 Å². The molecule has 1 rings (SSSR count). The average molecular weight is 123 g/mol. The van der Waals surface area contributed by atoms with Crippen molar-refractivity contribution in [2.24, 2.45) is 0 Å². The number of hydrogen-bond donors (Lipinski definition) is 0. The Kier molecular flexibility index (Phi) is 3.10. The quantitative estimate of drug-likeness (QED) is 0.529. The van der Waals surface area contributed by atoms with Gasteiger partial charge in [-0.2, -0.15) is 0 Å². The Bertz CT molecular complexity index is 57.7. The van der Waals surface area contributed by atoms with E-state index in [-0.39, 0.29) is 0 Å². The fourth-order valence-corrected chi connectivity index (χ4v) is 1.33. The summed E-state index contributed by atoms with van der Waals surface area (Å²) in [6.45, 7) is 2.24. The molecule has 3 radical (unpaired) electrons. The maximum atomic E-state index is 3.44. The molecule has 0 heterocycles. The zero-order chi connectivity index (χ0) is 6.53. The summed E-state index contributed by atoms with van der Waals surface area (Å²) in [6, 6.07) is 0. The highest BCUT2D eigenvalue weighted by Crippen LogP contribution is 2.27. The molecule has 0 N–H and O–H groups in total. The topological polar surface area (TPSA) is 0 Å². The van der Waals surface area contributed by atoms with Gasteiger partial charge in [-0.25, -0.2) is 0 Å². The molecule has 0 aromatic heterocycles. The second kappa shape index (κ2) is 3.92. The van der Waals surface area contributed by atoms with E-state index in [2.05, 4.69) is 13.3 Å². The van der Waals surface area contributed by atoms with Crippen LogP contribution in [0.5, 0.6) is 0 Å². The molecule has 0 aromatic carbocycles. The van der Waals surface area contributed by atoms with Crippen molar-refractivity contribution in [3.8, 4) is 0 Å². The van der Waals surface area contributed by atoms with Crippen LogP contribution in [0.25, 0.3) is 0 Å². The van der Waals surface area contributed by atoms with Gasteiger partial charge in [0.2, 0.25) is 0 Å². The third-order valence-electron chi connectivity index (χ3n) is 1.83. The van der Waals surface area contributed by atoms with Gasteiger partial charge in [-0.15, -0.1) is 0 Å². The first kappa shape index (κ1) is 7.11. The second-order valence-electron chi connectivity index (χ2n) is 2.74. The lowest BCUT2D eigenvalue weighted by atomic mass is 9.86. The van der Waals surface area contributed by atoms with E-state index in [1.165, 1.54) is 38.5 Å². The molecule has 0 bridgehead atoms. The van der Waals surface area contributed by atoms with Crippen LogP contribution in [0.1, 0.15) is 45.4 Å². The molecule has 1 saturated carbocycles. The Morgan fingerprint density at radius 1 is 1.44 bits per heavy atom. The maximum Gasteiger partial charge on any atom is -0.0100 e. The largest absolute Gasteiger partial charge is 0.0654 e.